The molecule has 4 rings (SSSR count). The number of hydrogen-bond acceptors (Lipinski definition) is 7. The van der Waals surface area contributed by atoms with Gasteiger partial charge in [-0.1, -0.05) is 12.1 Å². The molecule has 0 saturated heterocycles. The lowest BCUT2D eigenvalue weighted by Gasteiger charge is -2.13. The number of anilines is 2. The molecule has 2 N–H and O–H groups in total. The molecule has 36 heavy (non-hydrogen) atoms. The minimum Gasteiger partial charge on any atom is -0.488 e. The largest absolute Gasteiger partial charge is 0.488 e. The molecule has 0 aliphatic heterocycles. The second-order valence-electron chi connectivity index (χ2n) is 7.90. The van der Waals surface area contributed by atoms with Crippen molar-refractivity contribution in [3.8, 4) is 17.1 Å². The van der Waals surface area contributed by atoms with Crippen LogP contribution in [-0.2, 0) is 22.1 Å². The maximum absolute atomic E-state index is 14.0. The van der Waals surface area contributed by atoms with Crippen molar-refractivity contribution in [2.24, 2.45) is 0 Å². The highest BCUT2D eigenvalue weighted by Crippen LogP contribution is 2.30. The van der Waals surface area contributed by atoms with Crippen LogP contribution in [0.15, 0.2) is 60.9 Å². The maximum Gasteiger partial charge on any atom is 0.230 e. The van der Waals surface area contributed by atoms with E-state index in [0.717, 1.165) is 18.2 Å². The third-order valence-electron chi connectivity index (χ3n) is 4.83. The van der Waals surface area contributed by atoms with Crippen LogP contribution < -0.4 is 10.1 Å². The van der Waals surface area contributed by atoms with Gasteiger partial charge in [-0.25, -0.2) is 31.7 Å². The van der Waals surface area contributed by atoms with Crippen LogP contribution in [0.4, 0.5) is 29.2 Å². The van der Waals surface area contributed by atoms with Crippen LogP contribution in [-0.4, -0.2) is 25.4 Å². The standard InChI is InChI=1S/C24H19F4N5O2S/c1-36(29,34)12-14-3-2-4-18(7-14)32-24-31-13-30-23(33-24)19-6-5-16(25)10-21(19)35-11-15-8-17(26)9-20(27)22(15)28/h2-10,13,29H,11-12H2,1H3,(H,30,31,32,33). The molecule has 0 fully saturated rings. The van der Waals surface area contributed by atoms with E-state index < -0.39 is 39.6 Å². The lowest BCUT2D eigenvalue weighted by Crippen LogP contribution is -2.05. The molecule has 1 atom stereocenters. The molecule has 0 aliphatic rings. The molecule has 3 aromatic carbocycles. The lowest BCUT2D eigenvalue weighted by molar-refractivity contribution is 0.295. The number of benzene rings is 3. The van der Waals surface area contributed by atoms with Crippen molar-refractivity contribution >= 4 is 21.4 Å². The van der Waals surface area contributed by atoms with Crippen LogP contribution in [0.2, 0.25) is 0 Å². The van der Waals surface area contributed by atoms with Gasteiger partial charge < -0.3 is 10.1 Å². The van der Waals surface area contributed by atoms with Crippen LogP contribution >= 0.6 is 0 Å². The molecule has 0 radical (unpaired) electrons. The number of halogens is 4. The number of rotatable bonds is 8. The van der Waals surface area contributed by atoms with Crippen LogP contribution in [0.3, 0.4) is 0 Å². The fourth-order valence-electron chi connectivity index (χ4n) is 3.34. The molecule has 0 spiro atoms. The normalized spacial score (nSPS) is 12.7. The summed E-state index contributed by atoms with van der Waals surface area (Å²) in [6.07, 6.45) is 2.57. The predicted molar refractivity (Wildman–Crippen MR) is 126 cm³/mol. The number of hydrogen-bond donors (Lipinski definition) is 2. The first-order valence-electron chi connectivity index (χ1n) is 10.4. The first-order chi connectivity index (χ1) is 17.1. The molecule has 4 aromatic rings. The van der Waals surface area contributed by atoms with E-state index in [2.05, 4.69) is 20.3 Å². The van der Waals surface area contributed by atoms with Gasteiger partial charge in [-0.2, -0.15) is 4.98 Å². The zero-order chi connectivity index (χ0) is 25.9. The molecule has 0 aliphatic carbocycles. The average molecular weight is 518 g/mol. The summed E-state index contributed by atoms with van der Waals surface area (Å²) in [7, 11) is -2.73. The molecular weight excluding hydrogens is 498 g/mol. The molecule has 0 amide bonds. The molecule has 7 nitrogen and oxygen atoms in total. The topological polar surface area (TPSA) is 101 Å². The highest BCUT2D eigenvalue weighted by Gasteiger charge is 2.16. The summed E-state index contributed by atoms with van der Waals surface area (Å²) in [6.45, 7) is -0.573. The Kier molecular flexibility index (Phi) is 7.15. The third-order valence-corrected chi connectivity index (χ3v) is 5.72. The number of aromatic nitrogens is 3. The Morgan fingerprint density at radius 3 is 2.58 bits per heavy atom. The van der Waals surface area contributed by atoms with Crippen molar-refractivity contribution < 1.29 is 26.5 Å². The van der Waals surface area contributed by atoms with E-state index in [9.17, 15) is 21.8 Å². The quantitative estimate of drug-likeness (QED) is 0.233. The van der Waals surface area contributed by atoms with Crippen LogP contribution in [0.25, 0.3) is 11.4 Å². The summed E-state index contributed by atoms with van der Waals surface area (Å²) in [5, 5.41) is 2.98. The zero-order valence-electron chi connectivity index (χ0n) is 18.8. The van der Waals surface area contributed by atoms with Crippen LogP contribution in [0.5, 0.6) is 5.75 Å². The van der Waals surface area contributed by atoms with E-state index >= 15 is 0 Å². The number of nitrogens with zero attached hydrogens (tertiary/aromatic N) is 3. The zero-order valence-corrected chi connectivity index (χ0v) is 19.6. The second kappa shape index (κ2) is 10.3. The molecule has 186 valence electrons. The summed E-state index contributed by atoms with van der Waals surface area (Å²) in [6, 6.07) is 11.6. The number of ether oxygens (including phenoxy) is 1. The van der Waals surface area contributed by atoms with Crippen molar-refractivity contribution in [1.29, 1.82) is 4.78 Å². The van der Waals surface area contributed by atoms with Crippen molar-refractivity contribution in [1.82, 2.24) is 15.0 Å². The summed E-state index contributed by atoms with van der Waals surface area (Å²) < 4.78 is 79.9. The third kappa shape index (κ3) is 6.33. The van der Waals surface area contributed by atoms with Crippen molar-refractivity contribution in [3.05, 3.63) is 95.3 Å². The van der Waals surface area contributed by atoms with Crippen LogP contribution in [0, 0.1) is 28.0 Å². The molecule has 0 bridgehead atoms. The molecule has 1 unspecified atom stereocenters. The molecule has 12 heteroatoms. The lowest BCUT2D eigenvalue weighted by atomic mass is 10.1. The predicted octanol–water partition coefficient (Wildman–Crippen LogP) is 5.59. The Balaban J connectivity index is 1.59. The Morgan fingerprint density at radius 2 is 1.81 bits per heavy atom. The van der Waals surface area contributed by atoms with Gasteiger partial charge in [0.2, 0.25) is 5.95 Å². The van der Waals surface area contributed by atoms with Gasteiger partial charge in [-0.3, -0.25) is 4.78 Å². The SMILES string of the molecule is CS(=N)(=O)Cc1cccc(Nc2ncnc(-c3ccc(F)cc3OCc3cc(F)cc(F)c3F)n2)c1. The Labute approximate surface area is 204 Å². The fourth-order valence-corrected chi connectivity index (χ4v) is 4.16. The first kappa shape index (κ1) is 25.0. The Bertz CT molecular complexity index is 1530. The number of nitrogens with one attached hydrogen (secondary N) is 2. The molecule has 0 saturated carbocycles. The highest BCUT2D eigenvalue weighted by molar-refractivity contribution is 7.90. The summed E-state index contributed by atoms with van der Waals surface area (Å²) in [4.78, 5) is 12.5. The maximum atomic E-state index is 14.0. The van der Waals surface area contributed by atoms with E-state index in [0.29, 0.717) is 17.3 Å². The van der Waals surface area contributed by atoms with Gasteiger partial charge in [0, 0.05) is 39.4 Å². The Hall–Kier alpha value is -4.06. The van der Waals surface area contributed by atoms with E-state index in [1.165, 1.54) is 18.6 Å². The Morgan fingerprint density at radius 1 is 1.00 bits per heavy atom. The van der Waals surface area contributed by atoms with Gasteiger partial charge in [0.15, 0.2) is 17.5 Å². The summed E-state index contributed by atoms with van der Waals surface area (Å²) >= 11 is 0. The molecule has 1 aromatic heterocycles. The van der Waals surface area contributed by atoms with Gasteiger partial charge >= 0.3 is 0 Å². The highest BCUT2D eigenvalue weighted by atomic mass is 32.2. The fraction of sp³-hybridized carbons (Fsp3) is 0.125. The van der Waals surface area contributed by atoms with E-state index in [4.69, 9.17) is 9.52 Å². The summed E-state index contributed by atoms with van der Waals surface area (Å²) in [5.41, 5.74) is 1.11. The van der Waals surface area contributed by atoms with E-state index in [-0.39, 0.29) is 34.4 Å². The molecular formula is C24H19F4N5O2S. The smallest absolute Gasteiger partial charge is 0.230 e. The van der Waals surface area contributed by atoms with Crippen LogP contribution in [0.1, 0.15) is 11.1 Å². The van der Waals surface area contributed by atoms with Gasteiger partial charge in [0.25, 0.3) is 0 Å². The van der Waals surface area contributed by atoms with E-state index in [1.807, 2.05) is 0 Å². The van der Waals surface area contributed by atoms with Crippen molar-refractivity contribution in [3.63, 3.8) is 0 Å². The second-order valence-corrected chi connectivity index (χ2v) is 10.2. The first-order valence-corrected chi connectivity index (χ1v) is 12.5. The van der Waals surface area contributed by atoms with Gasteiger partial charge in [0.1, 0.15) is 30.3 Å². The van der Waals surface area contributed by atoms with E-state index in [1.54, 1.807) is 24.3 Å². The monoisotopic (exact) mass is 517 g/mol. The van der Waals surface area contributed by atoms with Gasteiger partial charge in [-0.15, -0.1) is 0 Å². The molecule has 1 heterocycles. The van der Waals surface area contributed by atoms with Crippen molar-refractivity contribution in [2.45, 2.75) is 12.4 Å². The summed E-state index contributed by atoms with van der Waals surface area (Å²) in [5.74, 6) is -4.05. The minimum atomic E-state index is -2.73. The average Bonchev–Trinajstić information content (AvgIpc) is 2.80. The minimum absolute atomic E-state index is 0.0774. The van der Waals surface area contributed by atoms with Gasteiger partial charge in [-0.05, 0) is 35.9 Å². The van der Waals surface area contributed by atoms with Gasteiger partial charge in [0.05, 0.1) is 11.3 Å². The van der Waals surface area contributed by atoms with Crippen molar-refractivity contribution in [2.75, 3.05) is 11.6 Å².